The molecule has 152 valence electrons. The third-order valence-corrected chi connectivity index (χ3v) is 3.93. The van der Waals surface area contributed by atoms with Gasteiger partial charge in [0.15, 0.2) is 0 Å². The Hall–Kier alpha value is -2.84. The van der Waals surface area contributed by atoms with Crippen molar-refractivity contribution in [3.8, 4) is 5.75 Å². The lowest BCUT2D eigenvalue weighted by Crippen LogP contribution is -2.38. The molecule has 1 unspecified atom stereocenters. The number of alkyl halides is 5. The van der Waals surface area contributed by atoms with Crippen LogP contribution < -0.4 is 15.4 Å². The fourth-order valence-electron chi connectivity index (χ4n) is 2.45. The molecule has 2 amide bonds. The maximum absolute atomic E-state index is 12.6. The first kappa shape index (κ1) is 21.5. The average molecular weight is 402 g/mol. The minimum atomic E-state index is -4.41. The first-order valence-electron chi connectivity index (χ1n) is 8.40. The van der Waals surface area contributed by atoms with E-state index in [0.717, 1.165) is 17.7 Å². The van der Waals surface area contributed by atoms with Gasteiger partial charge < -0.3 is 15.4 Å². The molecule has 1 atom stereocenters. The van der Waals surface area contributed by atoms with Gasteiger partial charge in [0, 0.05) is 6.54 Å². The molecule has 0 aliphatic rings. The van der Waals surface area contributed by atoms with Gasteiger partial charge in [0.1, 0.15) is 5.75 Å². The Morgan fingerprint density at radius 2 is 1.64 bits per heavy atom. The maximum Gasteiger partial charge on any atom is 0.416 e. The van der Waals surface area contributed by atoms with Crippen molar-refractivity contribution in [2.45, 2.75) is 32.2 Å². The average Bonchev–Trinajstić information content (AvgIpc) is 2.62. The smallest absolute Gasteiger partial charge is 0.416 e. The molecule has 0 heterocycles. The zero-order valence-corrected chi connectivity index (χ0v) is 14.9. The summed E-state index contributed by atoms with van der Waals surface area (Å²) >= 11 is 0. The SMILES string of the molecule is CC(NC(=O)NCCc1ccc(OC(F)F)cc1)c1ccc(C(F)(F)F)cc1. The second-order valence-electron chi connectivity index (χ2n) is 6.01. The van der Waals surface area contributed by atoms with Crippen LogP contribution in [0.5, 0.6) is 5.75 Å². The van der Waals surface area contributed by atoms with Crippen molar-refractivity contribution in [2.75, 3.05) is 6.54 Å². The maximum atomic E-state index is 12.6. The normalized spacial score (nSPS) is 12.5. The molecule has 2 aromatic carbocycles. The Morgan fingerprint density at radius 1 is 1.04 bits per heavy atom. The number of carbonyl (C=O) groups is 1. The van der Waals surface area contributed by atoms with Gasteiger partial charge in [0.2, 0.25) is 0 Å². The van der Waals surface area contributed by atoms with E-state index in [-0.39, 0.29) is 5.75 Å². The number of benzene rings is 2. The van der Waals surface area contributed by atoms with E-state index in [1.165, 1.54) is 24.3 Å². The summed E-state index contributed by atoms with van der Waals surface area (Å²) in [5.41, 5.74) is 0.605. The number of halogens is 5. The third-order valence-electron chi connectivity index (χ3n) is 3.93. The van der Waals surface area contributed by atoms with Gasteiger partial charge in [0.25, 0.3) is 0 Å². The second-order valence-corrected chi connectivity index (χ2v) is 6.01. The van der Waals surface area contributed by atoms with Crippen molar-refractivity contribution in [1.82, 2.24) is 10.6 Å². The van der Waals surface area contributed by atoms with E-state index < -0.39 is 30.4 Å². The molecule has 0 spiro atoms. The van der Waals surface area contributed by atoms with Crippen molar-refractivity contribution >= 4 is 6.03 Å². The highest BCUT2D eigenvalue weighted by Gasteiger charge is 2.30. The van der Waals surface area contributed by atoms with Crippen molar-refractivity contribution < 1.29 is 31.5 Å². The first-order chi connectivity index (χ1) is 13.1. The Morgan fingerprint density at radius 3 is 2.18 bits per heavy atom. The lowest BCUT2D eigenvalue weighted by Gasteiger charge is -2.16. The zero-order valence-electron chi connectivity index (χ0n) is 14.9. The van der Waals surface area contributed by atoms with Gasteiger partial charge in [-0.25, -0.2) is 4.79 Å². The summed E-state index contributed by atoms with van der Waals surface area (Å²) in [6.07, 6.45) is -3.94. The standard InChI is InChI=1S/C19H19F5N2O2/c1-12(14-4-6-15(7-5-14)19(22,23)24)26-18(27)25-11-10-13-2-8-16(9-3-13)28-17(20)21/h2-9,12,17H,10-11H2,1H3,(H2,25,26,27). The lowest BCUT2D eigenvalue weighted by molar-refractivity contribution is -0.137. The number of urea groups is 1. The quantitative estimate of drug-likeness (QED) is 0.647. The highest BCUT2D eigenvalue weighted by molar-refractivity contribution is 5.74. The van der Waals surface area contributed by atoms with Gasteiger partial charge >= 0.3 is 18.8 Å². The van der Waals surface area contributed by atoms with Crippen molar-refractivity contribution in [2.24, 2.45) is 0 Å². The molecule has 0 saturated heterocycles. The summed E-state index contributed by atoms with van der Waals surface area (Å²) in [6.45, 7) is -0.937. The van der Waals surface area contributed by atoms with Crippen LogP contribution in [-0.4, -0.2) is 19.2 Å². The number of rotatable bonds is 7. The summed E-state index contributed by atoms with van der Waals surface area (Å²) in [4.78, 5) is 11.9. The van der Waals surface area contributed by atoms with E-state index in [9.17, 15) is 26.7 Å². The van der Waals surface area contributed by atoms with E-state index >= 15 is 0 Å². The van der Waals surface area contributed by atoms with Crippen LogP contribution in [0.1, 0.15) is 29.7 Å². The molecular formula is C19H19F5N2O2. The number of carbonyl (C=O) groups excluding carboxylic acids is 1. The second kappa shape index (κ2) is 9.38. The van der Waals surface area contributed by atoms with Gasteiger partial charge in [-0.1, -0.05) is 24.3 Å². The fraction of sp³-hybridized carbons (Fsp3) is 0.316. The summed E-state index contributed by atoms with van der Waals surface area (Å²) in [5, 5.41) is 5.27. The Balaban J connectivity index is 1.77. The Labute approximate surface area is 158 Å². The minimum absolute atomic E-state index is 0.0508. The predicted molar refractivity (Wildman–Crippen MR) is 93.2 cm³/mol. The van der Waals surface area contributed by atoms with E-state index in [0.29, 0.717) is 18.5 Å². The minimum Gasteiger partial charge on any atom is -0.435 e. The van der Waals surface area contributed by atoms with Crippen molar-refractivity contribution in [3.63, 3.8) is 0 Å². The number of amides is 2. The topological polar surface area (TPSA) is 50.4 Å². The number of ether oxygens (including phenoxy) is 1. The molecule has 28 heavy (non-hydrogen) atoms. The van der Waals surface area contributed by atoms with Gasteiger partial charge in [-0.2, -0.15) is 22.0 Å². The van der Waals surface area contributed by atoms with Gasteiger partial charge in [-0.15, -0.1) is 0 Å². The molecule has 0 fully saturated rings. The molecule has 2 aromatic rings. The lowest BCUT2D eigenvalue weighted by atomic mass is 10.1. The van der Waals surface area contributed by atoms with Crippen LogP contribution in [0.4, 0.5) is 26.7 Å². The van der Waals surface area contributed by atoms with Crippen LogP contribution in [0.15, 0.2) is 48.5 Å². The zero-order chi connectivity index (χ0) is 20.7. The van der Waals surface area contributed by atoms with Crippen LogP contribution in [0, 0.1) is 0 Å². The van der Waals surface area contributed by atoms with Gasteiger partial charge in [-0.05, 0) is 48.7 Å². The molecule has 2 N–H and O–H groups in total. The number of nitrogens with one attached hydrogen (secondary N) is 2. The van der Waals surface area contributed by atoms with Crippen LogP contribution in [0.2, 0.25) is 0 Å². The molecule has 0 aliphatic carbocycles. The molecule has 0 radical (unpaired) electrons. The third kappa shape index (κ3) is 6.71. The van der Waals surface area contributed by atoms with Gasteiger partial charge in [-0.3, -0.25) is 0 Å². The highest BCUT2D eigenvalue weighted by atomic mass is 19.4. The molecule has 0 aliphatic heterocycles. The van der Waals surface area contributed by atoms with Crippen LogP contribution in [-0.2, 0) is 12.6 Å². The molecule has 2 rings (SSSR count). The number of hydrogen-bond acceptors (Lipinski definition) is 2. The summed E-state index contributed by atoms with van der Waals surface area (Å²) < 4.78 is 66.1. The van der Waals surface area contributed by atoms with Crippen molar-refractivity contribution in [1.29, 1.82) is 0 Å². The van der Waals surface area contributed by atoms with E-state index in [1.54, 1.807) is 19.1 Å². The molecule has 4 nitrogen and oxygen atoms in total. The predicted octanol–water partition coefficient (Wildman–Crippen LogP) is 4.91. The van der Waals surface area contributed by atoms with Crippen molar-refractivity contribution in [3.05, 3.63) is 65.2 Å². The molecule has 0 saturated carbocycles. The summed E-state index contributed by atoms with van der Waals surface area (Å²) in [7, 11) is 0. The molecule has 0 aromatic heterocycles. The fourth-order valence-corrected chi connectivity index (χ4v) is 2.45. The van der Waals surface area contributed by atoms with E-state index in [4.69, 9.17) is 0 Å². The van der Waals surface area contributed by atoms with Crippen LogP contribution in [0.25, 0.3) is 0 Å². The van der Waals surface area contributed by atoms with E-state index in [2.05, 4.69) is 15.4 Å². The summed E-state index contributed by atoms with van der Waals surface area (Å²) in [6, 6.07) is 9.66. The van der Waals surface area contributed by atoms with E-state index in [1.807, 2.05) is 0 Å². The monoisotopic (exact) mass is 402 g/mol. The van der Waals surface area contributed by atoms with Crippen LogP contribution >= 0.6 is 0 Å². The molecule has 0 bridgehead atoms. The van der Waals surface area contributed by atoms with Crippen LogP contribution in [0.3, 0.4) is 0 Å². The molecular weight excluding hydrogens is 383 g/mol. The number of hydrogen-bond donors (Lipinski definition) is 2. The highest BCUT2D eigenvalue weighted by Crippen LogP contribution is 2.29. The van der Waals surface area contributed by atoms with Gasteiger partial charge in [0.05, 0.1) is 11.6 Å². The Kier molecular flexibility index (Phi) is 7.19. The molecule has 9 heteroatoms. The Bertz CT molecular complexity index is 761. The largest absolute Gasteiger partial charge is 0.435 e. The first-order valence-corrected chi connectivity index (χ1v) is 8.40. The summed E-state index contributed by atoms with van der Waals surface area (Å²) in [5.74, 6) is 0.0508.